The van der Waals surface area contributed by atoms with Crippen LogP contribution in [0.25, 0.3) is 0 Å². The Balaban J connectivity index is 1.84. The maximum absolute atomic E-state index is 12.9. The zero-order valence-corrected chi connectivity index (χ0v) is 17.7. The number of benzene rings is 1. The second-order valence-corrected chi connectivity index (χ2v) is 15.0. The molecule has 0 bridgehead atoms. The average Bonchev–Trinajstić information content (AvgIpc) is 2.85. The van der Waals surface area contributed by atoms with Gasteiger partial charge in [0.25, 0.3) is 5.91 Å². The summed E-state index contributed by atoms with van der Waals surface area (Å²) in [6.45, 7) is 9.53. The Morgan fingerprint density at radius 2 is 2.12 bits per heavy atom. The van der Waals surface area contributed by atoms with Gasteiger partial charge in [0.2, 0.25) is 0 Å². The lowest BCUT2D eigenvalue weighted by atomic mass is 9.98. The Labute approximate surface area is 161 Å². The lowest BCUT2D eigenvalue weighted by molar-refractivity contribution is -0.101. The Morgan fingerprint density at radius 1 is 1.35 bits per heavy atom. The number of rotatable bonds is 5. The molecule has 2 unspecified atom stereocenters. The first-order chi connectivity index (χ1) is 12.3. The fourth-order valence-electron chi connectivity index (χ4n) is 3.41. The van der Waals surface area contributed by atoms with E-state index in [1.807, 2.05) is 18.2 Å². The first-order valence-electron chi connectivity index (χ1n) is 9.25. The van der Waals surface area contributed by atoms with Crippen LogP contribution in [0.1, 0.15) is 15.9 Å². The van der Waals surface area contributed by atoms with Gasteiger partial charge in [0.1, 0.15) is 0 Å². The Bertz CT molecular complexity index is 651. The zero-order valence-electron chi connectivity index (χ0n) is 15.9. The summed E-state index contributed by atoms with van der Waals surface area (Å²) in [4.78, 5) is 14.5. The molecule has 1 N–H and O–H groups in total. The van der Waals surface area contributed by atoms with Gasteiger partial charge in [-0.15, -0.1) is 11.8 Å². The van der Waals surface area contributed by atoms with Crippen LogP contribution < -0.4 is 0 Å². The van der Waals surface area contributed by atoms with E-state index in [2.05, 4.69) is 19.6 Å². The summed E-state index contributed by atoms with van der Waals surface area (Å²) in [5.74, 6) is 0.649. The molecule has 2 heterocycles. The molecular weight excluding hydrogens is 366 g/mol. The van der Waals surface area contributed by atoms with Crippen molar-refractivity contribution in [1.82, 2.24) is 4.90 Å². The van der Waals surface area contributed by atoms with Gasteiger partial charge in [-0.3, -0.25) is 4.79 Å². The number of fused-ring (bicyclic) bond motifs is 3. The van der Waals surface area contributed by atoms with E-state index in [-0.39, 0.29) is 11.2 Å². The first-order valence-corrected chi connectivity index (χ1v) is 14.0. The summed E-state index contributed by atoms with van der Waals surface area (Å²) in [5, 5.41) is 11.5. The van der Waals surface area contributed by atoms with Gasteiger partial charge in [0.05, 0.1) is 25.1 Å². The molecule has 5 nitrogen and oxygen atoms in total. The van der Waals surface area contributed by atoms with Gasteiger partial charge in [-0.05, 0) is 12.1 Å². The van der Waals surface area contributed by atoms with Crippen molar-refractivity contribution < 1.29 is 19.4 Å². The molecule has 2 aliphatic rings. The third-order valence-electron chi connectivity index (χ3n) is 4.93. The third kappa shape index (κ3) is 4.02. The summed E-state index contributed by atoms with van der Waals surface area (Å²) in [6, 6.07) is 8.47. The number of nitrogens with zero attached hydrogens (tertiary/aromatic N) is 1. The molecule has 26 heavy (non-hydrogen) atoms. The van der Waals surface area contributed by atoms with Crippen molar-refractivity contribution in [2.24, 2.45) is 0 Å². The fourth-order valence-corrected chi connectivity index (χ4v) is 5.35. The number of hydrogen-bond acceptors (Lipinski definition) is 5. The maximum atomic E-state index is 12.9. The van der Waals surface area contributed by atoms with Crippen LogP contribution in [0.4, 0.5) is 0 Å². The van der Waals surface area contributed by atoms with Crippen molar-refractivity contribution in [2.45, 2.75) is 36.7 Å². The van der Waals surface area contributed by atoms with Crippen LogP contribution in [-0.4, -0.2) is 68.0 Å². The summed E-state index contributed by atoms with van der Waals surface area (Å²) in [6.07, 6.45) is 0. The van der Waals surface area contributed by atoms with Crippen molar-refractivity contribution in [3.63, 3.8) is 0 Å². The minimum atomic E-state index is -1.34. The largest absolute Gasteiger partial charge is 0.380 e. The number of carbonyl (C=O) groups is 1. The van der Waals surface area contributed by atoms with Crippen molar-refractivity contribution in [3.8, 4) is 0 Å². The Morgan fingerprint density at radius 3 is 2.88 bits per heavy atom. The summed E-state index contributed by atoms with van der Waals surface area (Å²) in [5.41, 5.74) is -0.0629. The molecule has 1 fully saturated rings. The molecule has 0 saturated carbocycles. The van der Waals surface area contributed by atoms with Gasteiger partial charge in [-0.2, -0.15) is 0 Å². The van der Waals surface area contributed by atoms with Crippen molar-refractivity contribution in [3.05, 3.63) is 35.4 Å². The van der Waals surface area contributed by atoms with Crippen LogP contribution in [-0.2, 0) is 15.2 Å². The number of thioether (sulfide) groups is 1. The van der Waals surface area contributed by atoms with Crippen LogP contribution in [0.15, 0.2) is 24.3 Å². The Kier molecular flexibility index (Phi) is 6.13. The molecule has 2 atom stereocenters. The number of aliphatic hydroxyl groups is 1. The molecule has 1 amide bonds. The molecule has 7 heteroatoms. The highest BCUT2D eigenvalue weighted by Crippen LogP contribution is 2.44. The molecule has 1 saturated heterocycles. The number of amides is 1. The van der Waals surface area contributed by atoms with Crippen LogP contribution >= 0.6 is 11.8 Å². The van der Waals surface area contributed by atoms with Gasteiger partial charge >= 0.3 is 0 Å². The maximum Gasteiger partial charge on any atom is 0.256 e. The number of ether oxygens (including phenoxy) is 2. The normalized spacial score (nSPS) is 26.7. The van der Waals surface area contributed by atoms with E-state index in [9.17, 15) is 9.90 Å². The first kappa shape index (κ1) is 19.9. The average molecular weight is 396 g/mol. The monoisotopic (exact) mass is 395 g/mol. The SMILES string of the molecule is C[Si](C)(C)CCOCC1SCCOCCN2C(=O)c3ccccc3C12O. The molecule has 0 aliphatic carbocycles. The lowest BCUT2D eigenvalue weighted by Crippen LogP contribution is -2.53. The van der Waals surface area contributed by atoms with E-state index in [1.165, 1.54) is 0 Å². The fraction of sp³-hybridized carbons (Fsp3) is 0.632. The smallest absolute Gasteiger partial charge is 0.256 e. The molecule has 1 aromatic carbocycles. The molecule has 0 aromatic heterocycles. The van der Waals surface area contributed by atoms with Crippen LogP contribution in [0, 0.1) is 0 Å². The van der Waals surface area contributed by atoms with Crippen molar-refractivity contribution >= 4 is 25.7 Å². The van der Waals surface area contributed by atoms with Gasteiger partial charge in [-0.1, -0.05) is 37.8 Å². The standard InChI is InChI=1S/C19H29NO4SSi/c1-26(2,3)13-11-24-14-17-19(22)16-7-5-4-6-15(16)18(21)20(19)8-9-23-10-12-25-17/h4-7,17,22H,8-14H2,1-3H3. The van der Waals surface area contributed by atoms with Crippen molar-refractivity contribution in [2.75, 3.05) is 38.7 Å². The van der Waals surface area contributed by atoms with Gasteiger partial charge < -0.3 is 19.5 Å². The van der Waals surface area contributed by atoms with E-state index in [0.29, 0.717) is 44.1 Å². The van der Waals surface area contributed by atoms with E-state index in [0.717, 1.165) is 11.8 Å². The third-order valence-corrected chi connectivity index (χ3v) is 7.90. The Hall–Kier alpha value is -0.863. The zero-order chi connectivity index (χ0) is 18.8. The minimum absolute atomic E-state index is 0.124. The topological polar surface area (TPSA) is 59.0 Å². The molecule has 0 spiro atoms. The highest BCUT2D eigenvalue weighted by Gasteiger charge is 2.53. The lowest BCUT2D eigenvalue weighted by Gasteiger charge is -2.39. The molecule has 3 rings (SSSR count). The highest BCUT2D eigenvalue weighted by atomic mass is 32.2. The van der Waals surface area contributed by atoms with E-state index >= 15 is 0 Å². The van der Waals surface area contributed by atoms with E-state index in [4.69, 9.17) is 9.47 Å². The van der Waals surface area contributed by atoms with E-state index < -0.39 is 13.8 Å². The minimum Gasteiger partial charge on any atom is -0.380 e. The second-order valence-electron chi connectivity index (χ2n) is 8.09. The summed E-state index contributed by atoms with van der Waals surface area (Å²) < 4.78 is 11.6. The predicted octanol–water partition coefficient (Wildman–Crippen LogP) is 2.77. The predicted molar refractivity (Wildman–Crippen MR) is 107 cm³/mol. The van der Waals surface area contributed by atoms with Crippen LogP contribution in [0.3, 0.4) is 0 Å². The van der Waals surface area contributed by atoms with Gasteiger partial charge in [0, 0.05) is 38.1 Å². The molecule has 0 radical (unpaired) electrons. The number of hydrogen-bond donors (Lipinski definition) is 1. The quantitative estimate of drug-likeness (QED) is 0.614. The highest BCUT2D eigenvalue weighted by molar-refractivity contribution is 8.00. The van der Waals surface area contributed by atoms with Crippen LogP contribution in [0.5, 0.6) is 0 Å². The summed E-state index contributed by atoms with van der Waals surface area (Å²) in [7, 11) is -1.16. The summed E-state index contributed by atoms with van der Waals surface area (Å²) >= 11 is 1.63. The van der Waals surface area contributed by atoms with Crippen LogP contribution in [0.2, 0.25) is 25.7 Å². The van der Waals surface area contributed by atoms with E-state index in [1.54, 1.807) is 22.7 Å². The second kappa shape index (κ2) is 8.02. The number of carbonyl (C=O) groups excluding carboxylic acids is 1. The van der Waals surface area contributed by atoms with Gasteiger partial charge in [-0.25, -0.2) is 0 Å². The molecule has 1 aromatic rings. The molecule has 144 valence electrons. The molecule has 2 aliphatic heterocycles. The van der Waals surface area contributed by atoms with Gasteiger partial charge in [0.15, 0.2) is 5.72 Å². The van der Waals surface area contributed by atoms with Crippen molar-refractivity contribution in [1.29, 1.82) is 0 Å². The molecular formula is C19H29NO4SSi.